The molecule has 0 radical (unpaired) electrons. The van der Waals surface area contributed by atoms with Gasteiger partial charge in [-0.15, -0.1) is 11.3 Å². The maximum Gasteiger partial charge on any atom is 0.242 e. The summed E-state index contributed by atoms with van der Waals surface area (Å²) < 4.78 is 32.4. The number of sulfonamides is 1. The van der Waals surface area contributed by atoms with Crippen LogP contribution in [0.3, 0.4) is 0 Å². The van der Waals surface area contributed by atoms with Gasteiger partial charge in [0.2, 0.25) is 10.0 Å². The lowest BCUT2D eigenvalue weighted by molar-refractivity contribution is 0.129. The second kappa shape index (κ2) is 6.32. The van der Waals surface area contributed by atoms with Crippen molar-refractivity contribution in [1.29, 1.82) is 0 Å². The average molecular weight is 304 g/mol. The van der Waals surface area contributed by atoms with Gasteiger partial charge < -0.3 is 10.5 Å². The van der Waals surface area contributed by atoms with E-state index in [1.165, 1.54) is 24.2 Å². The Bertz CT molecular complexity index is 521. The maximum absolute atomic E-state index is 12.2. The van der Waals surface area contributed by atoms with E-state index < -0.39 is 10.0 Å². The van der Waals surface area contributed by atoms with Crippen molar-refractivity contribution in [2.75, 3.05) is 19.8 Å². The number of hydrogen-bond acceptors (Lipinski definition) is 5. The van der Waals surface area contributed by atoms with E-state index in [0.29, 0.717) is 28.8 Å². The van der Waals surface area contributed by atoms with Crippen molar-refractivity contribution in [2.24, 2.45) is 11.7 Å². The first-order chi connectivity index (χ1) is 9.04. The SMILES string of the molecule is Cc1csc(CN)c1S(=O)(=O)NCCOCC1CC1. The van der Waals surface area contributed by atoms with E-state index >= 15 is 0 Å². The number of nitrogens with two attached hydrogens (primary N) is 1. The molecule has 1 aromatic rings. The van der Waals surface area contributed by atoms with Gasteiger partial charge in [-0.25, -0.2) is 13.1 Å². The average Bonchev–Trinajstić information content (AvgIpc) is 3.10. The molecule has 3 N–H and O–H groups in total. The molecule has 7 heteroatoms. The van der Waals surface area contributed by atoms with Crippen molar-refractivity contribution < 1.29 is 13.2 Å². The molecule has 1 aliphatic carbocycles. The maximum atomic E-state index is 12.2. The third kappa shape index (κ3) is 4.00. The number of ether oxygens (including phenoxy) is 1. The van der Waals surface area contributed by atoms with Gasteiger partial charge in [-0.3, -0.25) is 0 Å². The van der Waals surface area contributed by atoms with Crippen LogP contribution in [-0.2, 0) is 21.3 Å². The van der Waals surface area contributed by atoms with Crippen molar-refractivity contribution in [1.82, 2.24) is 4.72 Å². The third-order valence-corrected chi connectivity index (χ3v) is 5.98. The molecule has 1 fully saturated rings. The van der Waals surface area contributed by atoms with Crippen LogP contribution >= 0.6 is 11.3 Å². The zero-order chi connectivity index (χ0) is 13.9. The Morgan fingerprint density at radius 1 is 1.53 bits per heavy atom. The van der Waals surface area contributed by atoms with Gasteiger partial charge in [0.15, 0.2) is 0 Å². The zero-order valence-corrected chi connectivity index (χ0v) is 12.6. The molecule has 1 heterocycles. The molecule has 0 spiro atoms. The Morgan fingerprint density at radius 3 is 2.89 bits per heavy atom. The molecule has 0 amide bonds. The highest BCUT2D eigenvalue weighted by Gasteiger charge is 2.23. The van der Waals surface area contributed by atoms with Gasteiger partial charge in [-0.1, -0.05) is 0 Å². The smallest absolute Gasteiger partial charge is 0.242 e. The normalized spacial score (nSPS) is 15.9. The lowest BCUT2D eigenvalue weighted by atomic mass is 10.3. The molecule has 0 unspecified atom stereocenters. The molecule has 1 aliphatic rings. The monoisotopic (exact) mass is 304 g/mol. The number of aryl methyl sites for hydroxylation is 1. The van der Waals surface area contributed by atoms with Crippen LogP contribution in [0, 0.1) is 12.8 Å². The summed E-state index contributed by atoms with van der Waals surface area (Å²) in [5, 5.41) is 1.82. The van der Waals surface area contributed by atoms with Crippen molar-refractivity contribution in [3.8, 4) is 0 Å². The van der Waals surface area contributed by atoms with E-state index in [2.05, 4.69) is 4.72 Å². The lowest BCUT2D eigenvalue weighted by Crippen LogP contribution is -2.28. The molecule has 0 aromatic carbocycles. The molecule has 1 aromatic heterocycles. The predicted molar refractivity (Wildman–Crippen MR) is 75.7 cm³/mol. The van der Waals surface area contributed by atoms with Gasteiger partial charge in [0.25, 0.3) is 0 Å². The summed E-state index contributed by atoms with van der Waals surface area (Å²) in [6.07, 6.45) is 2.47. The molecule has 0 atom stereocenters. The van der Waals surface area contributed by atoms with Crippen LogP contribution in [0.15, 0.2) is 10.3 Å². The minimum Gasteiger partial charge on any atom is -0.380 e. The van der Waals surface area contributed by atoms with E-state index in [4.69, 9.17) is 10.5 Å². The van der Waals surface area contributed by atoms with Gasteiger partial charge in [-0.2, -0.15) is 0 Å². The molecule has 108 valence electrons. The molecule has 0 bridgehead atoms. The quantitative estimate of drug-likeness (QED) is 0.708. The Morgan fingerprint density at radius 2 is 2.26 bits per heavy atom. The first kappa shape index (κ1) is 14.9. The summed E-state index contributed by atoms with van der Waals surface area (Å²) in [5.41, 5.74) is 6.32. The van der Waals surface area contributed by atoms with Gasteiger partial charge in [0.1, 0.15) is 4.90 Å². The van der Waals surface area contributed by atoms with E-state index in [-0.39, 0.29) is 6.54 Å². The topological polar surface area (TPSA) is 81.4 Å². The number of nitrogens with one attached hydrogen (secondary N) is 1. The van der Waals surface area contributed by atoms with E-state index in [1.807, 2.05) is 5.38 Å². The summed E-state index contributed by atoms with van der Waals surface area (Å²) in [4.78, 5) is 1.03. The standard InChI is InChI=1S/C12H20N2O3S2/c1-9-8-18-11(6-13)12(9)19(15,16)14-4-5-17-7-10-2-3-10/h8,10,14H,2-7,13H2,1H3. The second-order valence-corrected chi connectivity index (χ2v) is 7.46. The highest BCUT2D eigenvalue weighted by molar-refractivity contribution is 7.89. The minimum atomic E-state index is -3.48. The van der Waals surface area contributed by atoms with Gasteiger partial charge in [0.05, 0.1) is 6.61 Å². The molecule has 19 heavy (non-hydrogen) atoms. The van der Waals surface area contributed by atoms with E-state index in [1.54, 1.807) is 6.92 Å². The number of hydrogen-bond donors (Lipinski definition) is 2. The van der Waals surface area contributed by atoms with Crippen LogP contribution in [0.2, 0.25) is 0 Å². The molecule has 0 saturated heterocycles. The van der Waals surface area contributed by atoms with Crippen molar-refractivity contribution in [3.05, 3.63) is 15.8 Å². The van der Waals surface area contributed by atoms with E-state index in [0.717, 1.165) is 12.2 Å². The predicted octanol–water partition coefficient (Wildman–Crippen LogP) is 1.22. The third-order valence-electron chi connectivity index (χ3n) is 3.03. The lowest BCUT2D eigenvalue weighted by Gasteiger charge is -2.08. The van der Waals surface area contributed by atoms with Crippen LogP contribution in [0.4, 0.5) is 0 Å². The van der Waals surface area contributed by atoms with Crippen molar-refractivity contribution in [3.63, 3.8) is 0 Å². The van der Waals surface area contributed by atoms with Crippen LogP contribution in [0.25, 0.3) is 0 Å². The Hall–Kier alpha value is -0.470. The zero-order valence-electron chi connectivity index (χ0n) is 11.0. The Labute approximate surface area is 118 Å². The number of rotatable bonds is 8. The molecule has 5 nitrogen and oxygen atoms in total. The molecule has 2 rings (SSSR count). The fourth-order valence-electron chi connectivity index (χ4n) is 1.84. The summed E-state index contributed by atoms with van der Waals surface area (Å²) in [7, 11) is -3.48. The highest BCUT2D eigenvalue weighted by Crippen LogP contribution is 2.28. The molecular weight excluding hydrogens is 284 g/mol. The largest absolute Gasteiger partial charge is 0.380 e. The summed E-state index contributed by atoms with van der Waals surface area (Å²) in [6.45, 7) is 3.49. The summed E-state index contributed by atoms with van der Waals surface area (Å²) >= 11 is 1.38. The first-order valence-corrected chi connectivity index (χ1v) is 8.75. The number of thiophene rings is 1. The second-order valence-electron chi connectivity index (χ2n) is 4.79. The van der Waals surface area contributed by atoms with Crippen molar-refractivity contribution >= 4 is 21.4 Å². The van der Waals surface area contributed by atoms with Crippen LogP contribution in [0.5, 0.6) is 0 Å². The highest BCUT2D eigenvalue weighted by atomic mass is 32.2. The summed E-state index contributed by atoms with van der Waals surface area (Å²) in [5.74, 6) is 0.694. The Balaban J connectivity index is 1.87. The van der Waals surface area contributed by atoms with Gasteiger partial charge in [0, 0.05) is 24.6 Å². The van der Waals surface area contributed by atoms with Gasteiger partial charge >= 0.3 is 0 Å². The fraction of sp³-hybridized carbons (Fsp3) is 0.667. The van der Waals surface area contributed by atoms with E-state index in [9.17, 15) is 8.42 Å². The van der Waals surface area contributed by atoms with Crippen LogP contribution < -0.4 is 10.5 Å². The summed E-state index contributed by atoms with van der Waals surface area (Å²) in [6, 6.07) is 0. The minimum absolute atomic E-state index is 0.243. The van der Waals surface area contributed by atoms with Crippen LogP contribution in [0.1, 0.15) is 23.3 Å². The molecule has 0 aliphatic heterocycles. The Kier molecular flexibility index (Phi) is 4.97. The fourth-order valence-corrected chi connectivity index (χ4v) is 4.56. The first-order valence-electron chi connectivity index (χ1n) is 6.39. The van der Waals surface area contributed by atoms with Crippen LogP contribution in [-0.4, -0.2) is 28.2 Å². The van der Waals surface area contributed by atoms with Crippen molar-refractivity contribution in [2.45, 2.75) is 31.2 Å². The van der Waals surface area contributed by atoms with Gasteiger partial charge in [-0.05, 0) is 36.6 Å². The molecular formula is C12H20N2O3S2. The molecule has 1 saturated carbocycles.